The normalized spacial score (nSPS) is 10.7. The van der Waals surface area contributed by atoms with Gasteiger partial charge in [0.15, 0.2) is 0 Å². The Balaban J connectivity index is 2.00. The Kier molecular flexibility index (Phi) is 4.24. The summed E-state index contributed by atoms with van der Waals surface area (Å²) < 4.78 is 0. The van der Waals surface area contributed by atoms with Crippen molar-refractivity contribution >= 4 is 0 Å². The summed E-state index contributed by atoms with van der Waals surface area (Å²) in [6.45, 7) is 1.67. The average molecular weight is 306 g/mol. The second-order valence-electron chi connectivity index (χ2n) is 5.48. The highest BCUT2D eigenvalue weighted by Crippen LogP contribution is 2.29. The Morgan fingerprint density at radius 1 is 1.00 bits per heavy atom. The van der Waals surface area contributed by atoms with E-state index in [-0.39, 0.29) is 11.3 Å². The third kappa shape index (κ3) is 3.31. The molecule has 0 saturated heterocycles. The van der Waals surface area contributed by atoms with Gasteiger partial charge in [0, 0.05) is 11.3 Å². The third-order valence-electron chi connectivity index (χ3n) is 3.82. The highest BCUT2D eigenvalue weighted by Gasteiger charge is 2.13. The summed E-state index contributed by atoms with van der Waals surface area (Å²) in [5, 5.41) is 10.1. The summed E-state index contributed by atoms with van der Waals surface area (Å²) in [7, 11) is 0. The van der Waals surface area contributed by atoms with Crippen molar-refractivity contribution in [2.24, 2.45) is 0 Å². The lowest BCUT2D eigenvalue weighted by Crippen LogP contribution is -2.16. The number of hydrogen-bond donors (Lipinski definition) is 2. The minimum absolute atomic E-state index is 0.160. The van der Waals surface area contributed by atoms with E-state index < -0.39 is 0 Å². The molecule has 0 atom stereocenters. The monoisotopic (exact) mass is 306 g/mol. The first-order chi connectivity index (χ1) is 11.1. The van der Waals surface area contributed by atoms with Gasteiger partial charge in [0.2, 0.25) is 0 Å². The number of H-pyrrole nitrogens is 1. The quantitative estimate of drug-likeness (QED) is 0.777. The van der Waals surface area contributed by atoms with E-state index in [4.69, 9.17) is 0 Å². The molecule has 1 aromatic heterocycles. The number of benzene rings is 2. The smallest absolute Gasteiger partial charge is 0.269 e. The number of para-hydroxylation sites is 1. The van der Waals surface area contributed by atoms with Gasteiger partial charge in [0.25, 0.3) is 5.56 Å². The van der Waals surface area contributed by atoms with Crippen LogP contribution < -0.4 is 5.56 Å². The van der Waals surface area contributed by atoms with Crippen molar-refractivity contribution in [3.8, 4) is 17.0 Å². The third-order valence-corrected chi connectivity index (χ3v) is 3.82. The Morgan fingerprint density at radius 3 is 2.43 bits per heavy atom. The lowest BCUT2D eigenvalue weighted by molar-refractivity contribution is 0.477. The zero-order valence-corrected chi connectivity index (χ0v) is 12.9. The van der Waals surface area contributed by atoms with Crippen LogP contribution in [0.25, 0.3) is 11.3 Å². The van der Waals surface area contributed by atoms with E-state index in [1.165, 1.54) is 5.56 Å². The molecule has 0 saturated carbocycles. The van der Waals surface area contributed by atoms with Crippen molar-refractivity contribution in [1.29, 1.82) is 0 Å². The van der Waals surface area contributed by atoms with E-state index in [2.05, 4.69) is 22.1 Å². The van der Waals surface area contributed by atoms with Crippen molar-refractivity contribution < 1.29 is 5.11 Å². The minimum Gasteiger partial charge on any atom is -0.507 e. The van der Waals surface area contributed by atoms with Crippen molar-refractivity contribution in [1.82, 2.24) is 9.97 Å². The Morgan fingerprint density at radius 2 is 1.70 bits per heavy atom. The molecule has 0 amide bonds. The van der Waals surface area contributed by atoms with Crippen LogP contribution in [0.1, 0.15) is 17.0 Å². The van der Waals surface area contributed by atoms with Crippen LogP contribution in [0.2, 0.25) is 0 Å². The van der Waals surface area contributed by atoms with Crippen LogP contribution in [0, 0.1) is 6.92 Å². The first-order valence-corrected chi connectivity index (χ1v) is 7.57. The predicted octanol–water partition coefficient (Wildman–Crippen LogP) is 3.24. The molecular formula is C19H18N2O2. The summed E-state index contributed by atoms with van der Waals surface area (Å²) in [5.74, 6) is 0.160. The molecule has 0 spiro atoms. The fourth-order valence-corrected chi connectivity index (χ4v) is 2.56. The largest absolute Gasteiger partial charge is 0.507 e. The predicted molar refractivity (Wildman–Crippen MR) is 90.5 cm³/mol. The van der Waals surface area contributed by atoms with E-state index in [1.54, 1.807) is 25.1 Å². The minimum atomic E-state index is -0.188. The summed E-state index contributed by atoms with van der Waals surface area (Å²) in [6.07, 6.45) is 1.44. The molecule has 0 radical (unpaired) electrons. The first kappa shape index (κ1) is 15.0. The van der Waals surface area contributed by atoms with Crippen LogP contribution in [0.3, 0.4) is 0 Å². The van der Waals surface area contributed by atoms with Gasteiger partial charge in [-0.25, -0.2) is 4.98 Å². The standard InChI is InChI=1S/C19H18N2O2/c1-13-19(23)21-16(12-11-14-7-3-2-4-8-14)18(20-13)15-9-5-6-10-17(15)22/h2-10,22H,11-12H2,1H3,(H,21,23). The molecule has 1 heterocycles. The maximum Gasteiger partial charge on any atom is 0.269 e. The number of nitrogens with one attached hydrogen (secondary N) is 1. The molecule has 116 valence electrons. The van der Waals surface area contributed by atoms with E-state index in [1.807, 2.05) is 24.3 Å². The second-order valence-corrected chi connectivity index (χ2v) is 5.48. The number of nitrogens with zero attached hydrogens (tertiary/aromatic N) is 1. The molecular weight excluding hydrogens is 288 g/mol. The van der Waals surface area contributed by atoms with Crippen molar-refractivity contribution in [3.05, 3.63) is 81.9 Å². The molecule has 23 heavy (non-hydrogen) atoms. The summed E-state index contributed by atoms with van der Waals surface area (Å²) >= 11 is 0. The van der Waals surface area contributed by atoms with E-state index in [9.17, 15) is 9.90 Å². The van der Waals surface area contributed by atoms with E-state index in [0.717, 1.165) is 12.1 Å². The summed E-state index contributed by atoms with van der Waals surface area (Å²) in [4.78, 5) is 19.3. The molecule has 0 aliphatic carbocycles. The first-order valence-electron chi connectivity index (χ1n) is 7.57. The molecule has 2 N–H and O–H groups in total. The number of phenols is 1. The number of rotatable bonds is 4. The molecule has 3 rings (SSSR count). The number of aromatic hydroxyl groups is 1. The molecule has 0 unspecified atom stereocenters. The highest BCUT2D eigenvalue weighted by molar-refractivity contribution is 5.68. The van der Waals surface area contributed by atoms with Gasteiger partial charge in [0.05, 0.1) is 5.69 Å². The van der Waals surface area contributed by atoms with Crippen LogP contribution in [0.15, 0.2) is 59.4 Å². The van der Waals surface area contributed by atoms with Gasteiger partial charge in [-0.05, 0) is 37.5 Å². The van der Waals surface area contributed by atoms with Crippen LogP contribution in [-0.4, -0.2) is 15.1 Å². The molecule has 4 heteroatoms. The highest BCUT2D eigenvalue weighted by atomic mass is 16.3. The average Bonchev–Trinajstić information content (AvgIpc) is 2.57. The molecule has 0 aliphatic rings. The zero-order chi connectivity index (χ0) is 16.2. The molecule has 0 fully saturated rings. The van der Waals surface area contributed by atoms with Gasteiger partial charge in [0.1, 0.15) is 11.4 Å². The van der Waals surface area contributed by atoms with Gasteiger partial charge in [-0.15, -0.1) is 0 Å². The number of aryl methyl sites for hydroxylation is 3. The number of phenolic OH excluding ortho intramolecular Hbond substituents is 1. The fraction of sp³-hybridized carbons (Fsp3) is 0.158. The number of hydrogen-bond acceptors (Lipinski definition) is 3. The van der Waals surface area contributed by atoms with Crippen LogP contribution in [0.4, 0.5) is 0 Å². The zero-order valence-electron chi connectivity index (χ0n) is 12.9. The maximum atomic E-state index is 11.9. The number of aromatic amines is 1. The van der Waals surface area contributed by atoms with Crippen molar-refractivity contribution in [2.75, 3.05) is 0 Å². The molecule has 2 aromatic carbocycles. The molecule has 3 aromatic rings. The van der Waals surface area contributed by atoms with Crippen LogP contribution >= 0.6 is 0 Å². The van der Waals surface area contributed by atoms with Gasteiger partial charge < -0.3 is 10.1 Å². The van der Waals surface area contributed by atoms with Gasteiger partial charge in [-0.2, -0.15) is 0 Å². The lowest BCUT2D eigenvalue weighted by Gasteiger charge is -2.11. The van der Waals surface area contributed by atoms with Crippen molar-refractivity contribution in [2.45, 2.75) is 19.8 Å². The Bertz CT molecular complexity index is 870. The van der Waals surface area contributed by atoms with E-state index >= 15 is 0 Å². The fourth-order valence-electron chi connectivity index (χ4n) is 2.56. The topological polar surface area (TPSA) is 66.0 Å². The van der Waals surface area contributed by atoms with Crippen molar-refractivity contribution in [3.63, 3.8) is 0 Å². The van der Waals surface area contributed by atoms with Gasteiger partial charge in [-0.1, -0.05) is 42.5 Å². The molecule has 0 aliphatic heterocycles. The van der Waals surface area contributed by atoms with Crippen LogP contribution in [-0.2, 0) is 12.8 Å². The maximum absolute atomic E-state index is 11.9. The van der Waals surface area contributed by atoms with E-state index in [0.29, 0.717) is 23.4 Å². The lowest BCUT2D eigenvalue weighted by atomic mass is 10.0. The molecule has 4 nitrogen and oxygen atoms in total. The molecule has 0 bridgehead atoms. The summed E-state index contributed by atoms with van der Waals surface area (Å²) in [6, 6.07) is 17.1. The van der Waals surface area contributed by atoms with Crippen LogP contribution in [0.5, 0.6) is 5.75 Å². The van der Waals surface area contributed by atoms with Gasteiger partial charge >= 0.3 is 0 Å². The SMILES string of the molecule is Cc1nc(-c2ccccc2O)c(CCc2ccccc2)[nH]c1=O. The number of aromatic nitrogens is 2. The van der Waals surface area contributed by atoms with Gasteiger partial charge in [-0.3, -0.25) is 4.79 Å². The Labute approximate surface area is 134 Å². The Hall–Kier alpha value is -2.88. The second kappa shape index (κ2) is 6.48. The summed E-state index contributed by atoms with van der Waals surface area (Å²) in [5.41, 5.74) is 3.41.